The van der Waals surface area contributed by atoms with E-state index in [0.29, 0.717) is 5.41 Å². The summed E-state index contributed by atoms with van der Waals surface area (Å²) >= 11 is 4.68. The zero-order valence-corrected chi connectivity index (χ0v) is 12.5. The smallest absolute Gasteiger partial charge is 0.0119 e. The molecule has 0 aromatic rings. The van der Waals surface area contributed by atoms with E-state index in [0.717, 1.165) is 17.7 Å². The molecular weight excluding hydrogens is 226 g/mol. The first-order chi connectivity index (χ1) is 8.17. The Kier molecular flexibility index (Phi) is 4.82. The summed E-state index contributed by atoms with van der Waals surface area (Å²) < 4.78 is 0. The highest BCUT2D eigenvalue weighted by Gasteiger charge is 2.36. The van der Waals surface area contributed by atoms with Gasteiger partial charge < -0.3 is 0 Å². The molecule has 2 fully saturated rings. The van der Waals surface area contributed by atoms with E-state index >= 15 is 0 Å². The number of nitrogens with zero attached hydrogens (tertiary/aromatic N) is 1. The van der Waals surface area contributed by atoms with Gasteiger partial charge >= 0.3 is 0 Å². The van der Waals surface area contributed by atoms with Gasteiger partial charge in [0, 0.05) is 12.6 Å². The maximum Gasteiger partial charge on any atom is 0.0119 e. The lowest BCUT2D eigenvalue weighted by atomic mass is 9.75. The van der Waals surface area contributed by atoms with E-state index in [1.54, 1.807) is 0 Å². The Labute approximate surface area is 113 Å². The second kappa shape index (κ2) is 5.97. The molecule has 1 saturated heterocycles. The van der Waals surface area contributed by atoms with Crippen LogP contribution in [0.15, 0.2) is 0 Å². The summed E-state index contributed by atoms with van der Waals surface area (Å²) in [6.07, 6.45) is 9.96. The van der Waals surface area contributed by atoms with Gasteiger partial charge in [0.1, 0.15) is 0 Å². The van der Waals surface area contributed by atoms with Crippen molar-refractivity contribution in [3.8, 4) is 0 Å². The topological polar surface area (TPSA) is 3.24 Å². The van der Waals surface area contributed by atoms with Crippen LogP contribution in [0.25, 0.3) is 0 Å². The number of likely N-dealkylation sites (tertiary alicyclic amines) is 1. The highest BCUT2D eigenvalue weighted by molar-refractivity contribution is 7.80. The number of hydrogen-bond donors (Lipinski definition) is 1. The van der Waals surface area contributed by atoms with Crippen LogP contribution < -0.4 is 0 Å². The largest absolute Gasteiger partial charge is 0.300 e. The molecule has 100 valence electrons. The molecular formula is C15H29NS. The van der Waals surface area contributed by atoms with Crippen LogP contribution in [0.4, 0.5) is 0 Å². The summed E-state index contributed by atoms with van der Waals surface area (Å²) in [6, 6.07) is 0.841. The maximum absolute atomic E-state index is 4.68. The van der Waals surface area contributed by atoms with Crippen LogP contribution in [0.5, 0.6) is 0 Å². The predicted octanol–water partition coefficient (Wildman–Crippen LogP) is 3.99. The van der Waals surface area contributed by atoms with Crippen LogP contribution in [-0.2, 0) is 0 Å². The van der Waals surface area contributed by atoms with E-state index < -0.39 is 0 Å². The molecule has 0 bridgehead atoms. The Morgan fingerprint density at radius 3 is 2.47 bits per heavy atom. The summed E-state index contributed by atoms with van der Waals surface area (Å²) in [4.78, 5) is 2.78. The van der Waals surface area contributed by atoms with Crippen LogP contribution in [-0.4, -0.2) is 29.8 Å². The Balaban J connectivity index is 1.97. The molecule has 2 aliphatic rings. The average molecular weight is 255 g/mol. The van der Waals surface area contributed by atoms with Crippen LogP contribution in [0.2, 0.25) is 0 Å². The minimum absolute atomic E-state index is 0.541. The Morgan fingerprint density at radius 1 is 1.18 bits per heavy atom. The lowest BCUT2D eigenvalue weighted by molar-refractivity contribution is 0.101. The monoisotopic (exact) mass is 255 g/mol. The van der Waals surface area contributed by atoms with Gasteiger partial charge in [0.15, 0.2) is 0 Å². The van der Waals surface area contributed by atoms with Gasteiger partial charge in [0.25, 0.3) is 0 Å². The van der Waals surface area contributed by atoms with E-state index in [-0.39, 0.29) is 0 Å². The van der Waals surface area contributed by atoms with Gasteiger partial charge in [-0.1, -0.05) is 33.1 Å². The van der Waals surface area contributed by atoms with Gasteiger partial charge in [-0.2, -0.15) is 12.6 Å². The van der Waals surface area contributed by atoms with Crippen molar-refractivity contribution in [3.05, 3.63) is 0 Å². The SMILES string of the molecule is CC(C)C1CCCN1CC1(CS)CCCCC1. The van der Waals surface area contributed by atoms with Crippen LogP contribution in [0, 0.1) is 11.3 Å². The van der Waals surface area contributed by atoms with Crippen molar-refractivity contribution in [2.24, 2.45) is 11.3 Å². The molecule has 17 heavy (non-hydrogen) atoms. The average Bonchev–Trinajstić information content (AvgIpc) is 2.78. The second-order valence-corrected chi connectivity index (χ2v) is 6.96. The standard InChI is InChI=1S/C15H29NS/c1-13(2)14-7-6-10-16(14)11-15(12-17)8-4-3-5-9-15/h13-14,17H,3-12H2,1-2H3. The molecule has 1 aliphatic carbocycles. The molecule has 1 saturated carbocycles. The predicted molar refractivity (Wildman–Crippen MR) is 78.8 cm³/mol. The molecule has 2 heteroatoms. The van der Waals surface area contributed by atoms with E-state index in [1.165, 1.54) is 58.0 Å². The van der Waals surface area contributed by atoms with E-state index in [9.17, 15) is 0 Å². The van der Waals surface area contributed by atoms with Crippen molar-refractivity contribution in [2.45, 2.75) is 64.8 Å². The first-order valence-corrected chi connectivity index (χ1v) is 8.15. The van der Waals surface area contributed by atoms with Crippen molar-refractivity contribution >= 4 is 12.6 Å². The molecule has 0 amide bonds. The van der Waals surface area contributed by atoms with Crippen LogP contribution >= 0.6 is 12.6 Å². The molecule has 0 spiro atoms. The van der Waals surface area contributed by atoms with Gasteiger partial charge in [-0.25, -0.2) is 0 Å². The van der Waals surface area contributed by atoms with Crippen molar-refractivity contribution < 1.29 is 0 Å². The molecule has 0 aromatic carbocycles. The highest BCUT2D eigenvalue weighted by Crippen LogP contribution is 2.40. The van der Waals surface area contributed by atoms with Gasteiger partial charge in [0.05, 0.1) is 0 Å². The normalized spacial score (nSPS) is 30.0. The molecule has 1 heterocycles. The van der Waals surface area contributed by atoms with E-state index in [1.807, 2.05) is 0 Å². The summed E-state index contributed by atoms with van der Waals surface area (Å²) in [5, 5.41) is 0. The van der Waals surface area contributed by atoms with Crippen molar-refractivity contribution in [2.75, 3.05) is 18.8 Å². The van der Waals surface area contributed by atoms with Crippen molar-refractivity contribution in [3.63, 3.8) is 0 Å². The molecule has 1 nitrogen and oxygen atoms in total. The van der Waals surface area contributed by atoms with E-state index in [2.05, 4.69) is 31.4 Å². The fourth-order valence-electron chi connectivity index (χ4n) is 3.90. The van der Waals surface area contributed by atoms with Crippen LogP contribution in [0.1, 0.15) is 58.8 Å². The Hall–Kier alpha value is 0.310. The van der Waals surface area contributed by atoms with Gasteiger partial charge in [-0.3, -0.25) is 4.90 Å². The molecule has 0 N–H and O–H groups in total. The highest BCUT2D eigenvalue weighted by atomic mass is 32.1. The Morgan fingerprint density at radius 2 is 1.88 bits per heavy atom. The second-order valence-electron chi connectivity index (χ2n) is 6.64. The van der Waals surface area contributed by atoms with Crippen molar-refractivity contribution in [1.29, 1.82) is 0 Å². The quantitative estimate of drug-likeness (QED) is 0.744. The number of hydrogen-bond acceptors (Lipinski definition) is 2. The molecule has 1 atom stereocenters. The first-order valence-electron chi connectivity index (χ1n) is 7.52. The minimum atomic E-state index is 0.541. The third-order valence-corrected chi connectivity index (χ3v) is 5.64. The molecule has 0 radical (unpaired) electrons. The van der Waals surface area contributed by atoms with Crippen molar-refractivity contribution in [1.82, 2.24) is 4.90 Å². The summed E-state index contributed by atoms with van der Waals surface area (Å²) in [7, 11) is 0. The first kappa shape index (κ1) is 13.7. The fraction of sp³-hybridized carbons (Fsp3) is 1.00. The minimum Gasteiger partial charge on any atom is -0.300 e. The lowest BCUT2D eigenvalue weighted by Crippen LogP contribution is -2.44. The third-order valence-electron chi connectivity index (χ3n) is 4.97. The maximum atomic E-state index is 4.68. The Bertz CT molecular complexity index is 233. The molecule has 0 aromatic heterocycles. The third kappa shape index (κ3) is 3.20. The fourth-order valence-corrected chi connectivity index (χ4v) is 4.32. The summed E-state index contributed by atoms with van der Waals surface area (Å²) in [5.74, 6) is 1.91. The van der Waals surface area contributed by atoms with Gasteiger partial charge in [0.2, 0.25) is 0 Å². The van der Waals surface area contributed by atoms with Gasteiger partial charge in [-0.15, -0.1) is 0 Å². The molecule has 1 unspecified atom stereocenters. The van der Waals surface area contributed by atoms with E-state index in [4.69, 9.17) is 0 Å². The summed E-state index contributed by atoms with van der Waals surface area (Å²) in [6.45, 7) is 7.42. The lowest BCUT2D eigenvalue weighted by Gasteiger charge is -2.41. The number of rotatable bonds is 4. The summed E-state index contributed by atoms with van der Waals surface area (Å²) in [5.41, 5.74) is 0.541. The number of thiol groups is 1. The molecule has 1 aliphatic heterocycles. The van der Waals surface area contributed by atoms with Crippen LogP contribution in [0.3, 0.4) is 0 Å². The zero-order valence-electron chi connectivity index (χ0n) is 11.6. The van der Waals surface area contributed by atoms with Gasteiger partial charge in [-0.05, 0) is 49.3 Å². The molecule has 2 rings (SSSR count). The zero-order chi connectivity index (χ0) is 12.3.